The minimum atomic E-state index is -2.84. The van der Waals surface area contributed by atoms with Crippen molar-refractivity contribution in [1.29, 1.82) is 0 Å². The molecule has 0 spiro atoms. The molecule has 4 nitrogen and oxygen atoms in total. The number of unbranched alkanes of at least 4 members (excludes halogenated alkanes) is 1. The summed E-state index contributed by atoms with van der Waals surface area (Å²) in [5.74, 6) is -0.0407. The van der Waals surface area contributed by atoms with E-state index >= 15 is 0 Å². The van der Waals surface area contributed by atoms with Gasteiger partial charge in [-0.1, -0.05) is 31.9 Å². The van der Waals surface area contributed by atoms with E-state index in [9.17, 15) is 13.6 Å². The monoisotopic (exact) mass is 336 g/mol. The van der Waals surface area contributed by atoms with Gasteiger partial charge in [0.2, 0.25) is 5.91 Å². The summed E-state index contributed by atoms with van der Waals surface area (Å²) in [6.07, 6.45) is 3.12. The number of hydrogen-bond donors (Lipinski definition) is 2. The van der Waals surface area contributed by atoms with Gasteiger partial charge in [-0.2, -0.15) is 8.78 Å². The smallest absolute Gasteiger partial charge is 0.387 e. The fraction of sp³-hybridized carbons (Fsp3) is 0.533. The fourth-order valence-electron chi connectivity index (χ4n) is 1.95. The van der Waals surface area contributed by atoms with E-state index in [-0.39, 0.29) is 36.5 Å². The molecule has 7 heteroatoms. The van der Waals surface area contributed by atoms with Gasteiger partial charge in [0.25, 0.3) is 0 Å². The van der Waals surface area contributed by atoms with Crippen molar-refractivity contribution in [2.24, 2.45) is 5.73 Å². The van der Waals surface area contributed by atoms with Crippen LogP contribution in [0.2, 0.25) is 0 Å². The molecular formula is C15H23ClF2N2O2. The quantitative estimate of drug-likeness (QED) is 0.728. The minimum absolute atomic E-state index is 0. The molecule has 1 unspecified atom stereocenters. The molecule has 1 aromatic rings. The van der Waals surface area contributed by atoms with Crippen molar-refractivity contribution in [3.05, 3.63) is 29.8 Å². The molecule has 0 aliphatic carbocycles. The van der Waals surface area contributed by atoms with E-state index in [1.54, 1.807) is 12.1 Å². The van der Waals surface area contributed by atoms with Crippen molar-refractivity contribution < 1.29 is 18.3 Å². The first kappa shape index (κ1) is 20.6. The molecule has 126 valence electrons. The number of halogens is 3. The molecule has 1 aromatic carbocycles. The lowest BCUT2D eigenvalue weighted by Gasteiger charge is -2.16. The Labute approximate surface area is 135 Å². The summed E-state index contributed by atoms with van der Waals surface area (Å²) in [5, 5.41) is 2.88. The number of carbonyl (C=O) groups is 1. The largest absolute Gasteiger partial charge is 0.435 e. The predicted octanol–water partition coefficient (Wildman–Crippen LogP) is 2.89. The SMILES string of the molecule is CCCCC(CN)NC(=O)Cc1ccc(OC(F)F)cc1.Cl. The van der Waals surface area contributed by atoms with Crippen molar-refractivity contribution in [2.75, 3.05) is 6.54 Å². The minimum Gasteiger partial charge on any atom is -0.435 e. The number of alkyl halides is 2. The van der Waals surface area contributed by atoms with Gasteiger partial charge in [-0.3, -0.25) is 4.79 Å². The van der Waals surface area contributed by atoms with E-state index in [1.807, 2.05) is 0 Å². The Balaban J connectivity index is 0.00000441. The zero-order valence-corrected chi connectivity index (χ0v) is 13.4. The molecule has 0 radical (unpaired) electrons. The number of nitrogens with one attached hydrogen (secondary N) is 1. The number of nitrogens with two attached hydrogens (primary N) is 1. The zero-order valence-electron chi connectivity index (χ0n) is 12.6. The van der Waals surface area contributed by atoms with E-state index in [0.717, 1.165) is 24.8 Å². The summed E-state index contributed by atoms with van der Waals surface area (Å²) in [5.41, 5.74) is 6.36. The van der Waals surface area contributed by atoms with E-state index < -0.39 is 6.61 Å². The summed E-state index contributed by atoms with van der Waals surface area (Å²) in [7, 11) is 0. The Morgan fingerprint density at radius 2 is 1.95 bits per heavy atom. The molecule has 3 N–H and O–H groups in total. The van der Waals surface area contributed by atoms with Gasteiger partial charge in [0.1, 0.15) is 5.75 Å². The van der Waals surface area contributed by atoms with E-state index in [0.29, 0.717) is 6.54 Å². The standard InChI is InChI=1S/C15H22F2N2O2.ClH/c1-2-3-4-12(10-18)19-14(20)9-11-5-7-13(8-6-11)21-15(16)17;/h5-8,12,15H,2-4,9-10,18H2,1H3,(H,19,20);1H. The van der Waals surface area contributed by atoms with Crippen molar-refractivity contribution in [2.45, 2.75) is 45.3 Å². The number of hydrogen-bond acceptors (Lipinski definition) is 3. The van der Waals surface area contributed by atoms with Crippen LogP contribution in [0.1, 0.15) is 31.7 Å². The van der Waals surface area contributed by atoms with Crippen molar-refractivity contribution in [3.63, 3.8) is 0 Å². The lowest BCUT2D eigenvalue weighted by molar-refractivity contribution is -0.121. The average molecular weight is 337 g/mol. The molecule has 0 heterocycles. The van der Waals surface area contributed by atoms with E-state index in [4.69, 9.17) is 5.73 Å². The van der Waals surface area contributed by atoms with Gasteiger partial charge in [-0.25, -0.2) is 0 Å². The maximum absolute atomic E-state index is 12.0. The first-order valence-electron chi connectivity index (χ1n) is 7.08. The number of amides is 1. The molecule has 1 amide bonds. The number of benzene rings is 1. The van der Waals surface area contributed by atoms with Crippen LogP contribution in [0.25, 0.3) is 0 Å². The first-order chi connectivity index (χ1) is 10.0. The van der Waals surface area contributed by atoms with Crippen LogP contribution in [0.4, 0.5) is 8.78 Å². The van der Waals surface area contributed by atoms with E-state index in [1.165, 1.54) is 12.1 Å². The van der Waals surface area contributed by atoms with Crippen molar-refractivity contribution in [1.82, 2.24) is 5.32 Å². The first-order valence-corrected chi connectivity index (χ1v) is 7.08. The van der Waals surface area contributed by atoms with E-state index in [2.05, 4.69) is 17.0 Å². The summed E-state index contributed by atoms with van der Waals surface area (Å²) < 4.78 is 28.3. The second-order valence-electron chi connectivity index (χ2n) is 4.84. The average Bonchev–Trinajstić information content (AvgIpc) is 2.45. The van der Waals surface area contributed by atoms with Crippen molar-refractivity contribution in [3.8, 4) is 5.75 Å². The van der Waals surface area contributed by atoms with Gasteiger partial charge in [0.15, 0.2) is 0 Å². The Morgan fingerprint density at radius 1 is 1.32 bits per heavy atom. The Kier molecular flexibility index (Phi) is 10.5. The lowest BCUT2D eigenvalue weighted by atomic mass is 10.1. The third-order valence-corrected chi connectivity index (χ3v) is 3.07. The van der Waals surface area contributed by atoms with Crippen molar-refractivity contribution >= 4 is 18.3 Å². The van der Waals surface area contributed by atoms with Crippen LogP contribution < -0.4 is 15.8 Å². The van der Waals surface area contributed by atoms with Crippen LogP contribution >= 0.6 is 12.4 Å². The topological polar surface area (TPSA) is 64.3 Å². The van der Waals surface area contributed by atoms with Gasteiger partial charge in [-0.05, 0) is 24.1 Å². The molecule has 0 aliphatic heterocycles. The summed E-state index contributed by atoms with van der Waals surface area (Å²) in [6.45, 7) is -0.353. The zero-order chi connectivity index (χ0) is 15.7. The van der Waals surface area contributed by atoms with Gasteiger partial charge >= 0.3 is 6.61 Å². The highest BCUT2D eigenvalue weighted by Crippen LogP contribution is 2.15. The number of carbonyl (C=O) groups excluding carboxylic acids is 1. The second-order valence-corrected chi connectivity index (χ2v) is 4.84. The highest BCUT2D eigenvalue weighted by molar-refractivity contribution is 5.85. The predicted molar refractivity (Wildman–Crippen MR) is 84.5 cm³/mol. The van der Waals surface area contributed by atoms with Gasteiger partial charge in [0, 0.05) is 12.6 Å². The Bertz CT molecular complexity index is 430. The van der Waals surface area contributed by atoms with Gasteiger partial charge in [-0.15, -0.1) is 12.4 Å². The molecule has 0 aromatic heterocycles. The van der Waals surface area contributed by atoms with Crippen LogP contribution in [0.15, 0.2) is 24.3 Å². The molecule has 0 saturated heterocycles. The fourth-order valence-corrected chi connectivity index (χ4v) is 1.95. The summed E-state index contributed by atoms with van der Waals surface area (Å²) in [6, 6.07) is 6.03. The van der Waals surface area contributed by atoms with Gasteiger partial charge < -0.3 is 15.8 Å². The van der Waals surface area contributed by atoms with Crippen LogP contribution in [0.5, 0.6) is 5.75 Å². The van der Waals surface area contributed by atoms with Crippen LogP contribution in [-0.4, -0.2) is 25.1 Å². The molecule has 0 bridgehead atoms. The maximum Gasteiger partial charge on any atom is 0.387 e. The normalized spacial score (nSPS) is 11.7. The lowest BCUT2D eigenvalue weighted by Crippen LogP contribution is -2.40. The third kappa shape index (κ3) is 8.14. The highest BCUT2D eigenvalue weighted by atomic mass is 35.5. The molecule has 1 atom stereocenters. The molecule has 0 aliphatic rings. The molecule has 1 rings (SSSR count). The number of rotatable bonds is 9. The van der Waals surface area contributed by atoms with Crippen LogP contribution in [0.3, 0.4) is 0 Å². The molecule has 0 saturated carbocycles. The summed E-state index contributed by atoms with van der Waals surface area (Å²) >= 11 is 0. The second kappa shape index (κ2) is 11.2. The highest BCUT2D eigenvalue weighted by Gasteiger charge is 2.11. The molecule has 22 heavy (non-hydrogen) atoms. The Morgan fingerprint density at radius 3 is 2.45 bits per heavy atom. The van der Waals surface area contributed by atoms with Gasteiger partial charge in [0.05, 0.1) is 6.42 Å². The Hall–Kier alpha value is -1.40. The molecular weight excluding hydrogens is 314 g/mol. The number of ether oxygens (including phenoxy) is 1. The van der Waals surface area contributed by atoms with Crippen LogP contribution in [0, 0.1) is 0 Å². The maximum atomic E-state index is 12.0. The van der Waals surface area contributed by atoms with Crippen LogP contribution in [-0.2, 0) is 11.2 Å². The molecule has 0 fully saturated rings. The third-order valence-electron chi connectivity index (χ3n) is 3.07. The summed E-state index contributed by atoms with van der Waals surface area (Å²) in [4.78, 5) is 11.9.